The van der Waals surface area contributed by atoms with Gasteiger partial charge >= 0.3 is 0 Å². The number of aryl methyl sites for hydroxylation is 2. The Labute approximate surface area is 132 Å². The van der Waals surface area contributed by atoms with E-state index in [1.54, 1.807) is 0 Å². The lowest BCUT2D eigenvalue weighted by Gasteiger charge is -2.36. The monoisotopic (exact) mass is 311 g/mol. The predicted molar refractivity (Wildman–Crippen MR) is 88.3 cm³/mol. The molecule has 0 amide bonds. The van der Waals surface area contributed by atoms with Crippen molar-refractivity contribution in [1.29, 1.82) is 0 Å². The van der Waals surface area contributed by atoms with E-state index in [9.17, 15) is 4.55 Å². The molecule has 4 nitrogen and oxygen atoms in total. The van der Waals surface area contributed by atoms with Crippen molar-refractivity contribution in [2.75, 3.05) is 0 Å². The van der Waals surface area contributed by atoms with Crippen molar-refractivity contribution in [3.63, 3.8) is 0 Å². The highest BCUT2D eigenvalue weighted by atomic mass is 32.2. The van der Waals surface area contributed by atoms with Crippen molar-refractivity contribution in [3.05, 3.63) is 17.5 Å². The van der Waals surface area contributed by atoms with Gasteiger partial charge < -0.3 is 4.55 Å². The highest BCUT2D eigenvalue weighted by Crippen LogP contribution is 2.48. The Morgan fingerprint density at radius 2 is 1.95 bits per heavy atom. The topological polar surface area (TPSA) is 52.9 Å². The van der Waals surface area contributed by atoms with Gasteiger partial charge in [-0.25, -0.2) is 0 Å². The van der Waals surface area contributed by atoms with Crippen LogP contribution in [0.5, 0.6) is 0 Å². The number of hydrogen-bond donors (Lipinski definition) is 1. The Kier molecular flexibility index (Phi) is 4.76. The van der Waals surface area contributed by atoms with E-state index in [0.717, 1.165) is 5.69 Å². The largest absolute Gasteiger partial charge is 0.598 e. The van der Waals surface area contributed by atoms with E-state index in [4.69, 9.17) is 0 Å². The van der Waals surface area contributed by atoms with Gasteiger partial charge in [-0.3, -0.25) is 4.68 Å². The number of hydrogen-bond acceptors (Lipinski definition) is 3. The fraction of sp³-hybridized carbons (Fsp3) is 0.812. The summed E-state index contributed by atoms with van der Waals surface area (Å²) in [7, 11) is 1.95. The molecule has 1 aliphatic carbocycles. The zero-order valence-corrected chi connectivity index (χ0v) is 15.0. The summed E-state index contributed by atoms with van der Waals surface area (Å²) in [6, 6.07) is 0.0567. The molecule has 0 radical (unpaired) electrons. The van der Waals surface area contributed by atoms with Gasteiger partial charge in [0.2, 0.25) is 0 Å². The number of nitrogens with zero attached hydrogens (tertiary/aromatic N) is 2. The van der Waals surface area contributed by atoms with Crippen LogP contribution in [0.2, 0.25) is 0 Å². The zero-order valence-electron chi connectivity index (χ0n) is 14.2. The van der Waals surface area contributed by atoms with Gasteiger partial charge in [-0.2, -0.15) is 5.10 Å². The van der Waals surface area contributed by atoms with E-state index in [-0.39, 0.29) is 16.2 Å². The molecule has 2 rings (SSSR count). The average Bonchev–Trinajstić information content (AvgIpc) is 2.92. The van der Waals surface area contributed by atoms with Gasteiger partial charge in [0.15, 0.2) is 0 Å². The second kappa shape index (κ2) is 5.94. The van der Waals surface area contributed by atoms with Crippen LogP contribution in [-0.4, -0.2) is 19.1 Å². The summed E-state index contributed by atoms with van der Waals surface area (Å²) < 4.78 is 17.6. The van der Waals surface area contributed by atoms with E-state index >= 15 is 0 Å². The third kappa shape index (κ3) is 3.63. The summed E-state index contributed by atoms with van der Waals surface area (Å²) in [5.74, 6) is 0. The first-order valence-electron chi connectivity index (χ1n) is 7.82. The maximum Gasteiger partial charge on any atom is 0.136 e. The Morgan fingerprint density at radius 3 is 2.38 bits per heavy atom. The Balaban J connectivity index is 2.33. The molecule has 1 aromatic heterocycles. The normalized spacial score (nSPS) is 21.5. The summed E-state index contributed by atoms with van der Waals surface area (Å²) >= 11 is -1.09. The van der Waals surface area contributed by atoms with Crippen molar-refractivity contribution in [3.8, 4) is 0 Å². The zero-order chi connectivity index (χ0) is 15.8. The Bertz CT molecular complexity index is 486. The Morgan fingerprint density at radius 1 is 1.38 bits per heavy atom. The minimum Gasteiger partial charge on any atom is -0.598 e. The number of rotatable bonds is 4. The van der Waals surface area contributed by atoms with Crippen molar-refractivity contribution in [2.24, 2.45) is 12.5 Å². The molecule has 0 aliphatic heterocycles. The molecule has 1 N–H and O–H groups in total. The van der Waals surface area contributed by atoms with Crippen LogP contribution in [0.15, 0.2) is 6.20 Å². The van der Waals surface area contributed by atoms with Crippen LogP contribution in [0.1, 0.15) is 70.7 Å². The molecule has 120 valence electrons. The molecule has 5 heteroatoms. The molecule has 1 aliphatic rings. The van der Waals surface area contributed by atoms with Crippen LogP contribution >= 0.6 is 0 Å². The molecule has 1 saturated carbocycles. The lowest BCUT2D eigenvalue weighted by molar-refractivity contribution is 0.241. The SMILES string of the molecule is Cc1cn(C)nc1[C@H](N[S@@+]([O-])C(C)(C)C)C1(C)CCCC1. The molecular weight excluding hydrogens is 282 g/mol. The van der Waals surface area contributed by atoms with Gasteiger partial charge in [0.1, 0.15) is 10.8 Å². The van der Waals surface area contributed by atoms with Crippen molar-refractivity contribution < 1.29 is 4.55 Å². The van der Waals surface area contributed by atoms with Crippen molar-refractivity contribution in [2.45, 2.75) is 71.1 Å². The third-order valence-corrected chi connectivity index (χ3v) is 6.11. The van der Waals surface area contributed by atoms with E-state index in [0.29, 0.717) is 0 Å². The first-order chi connectivity index (χ1) is 9.63. The first kappa shape index (κ1) is 16.8. The third-order valence-electron chi connectivity index (χ3n) is 4.55. The summed E-state index contributed by atoms with van der Waals surface area (Å²) in [5.41, 5.74) is 2.37. The minimum absolute atomic E-state index is 0.0567. The molecule has 0 saturated heterocycles. The molecule has 1 aromatic rings. The number of nitrogens with one attached hydrogen (secondary N) is 1. The van der Waals surface area contributed by atoms with Gasteiger partial charge in [-0.1, -0.05) is 19.8 Å². The maximum absolute atomic E-state index is 12.6. The lowest BCUT2D eigenvalue weighted by atomic mass is 9.79. The molecule has 2 atom stereocenters. The second-order valence-electron chi connectivity index (χ2n) is 7.66. The van der Waals surface area contributed by atoms with E-state index < -0.39 is 11.4 Å². The molecule has 0 unspecified atom stereocenters. The summed E-state index contributed by atoms with van der Waals surface area (Å²) in [6.45, 7) is 10.4. The summed E-state index contributed by atoms with van der Waals surface area (Å²) in [4.78, 5) is 0. The van der Waals surface area contributed by atoms with Gasteiger partial charge in [-0.15, -0.1) is 4.72 Å². The molecule has 1 fully saturated rings. The van der Waals surface area contributed by atoms with Gasteiger partial charge in [0.05, 0.1) is 5.69 Å². The molecule has 1 heterocycles. The van der Waals surface area contributed by atoms with E-state index in [2.05, 4.69) is 23.7 Å². The summed E-state index contributed by atoms with van der Waals surface area (Å²) in [6.07, 6.45) is 6.89. The first-order valence-corrected chi connectivity index (χ1v) is 8.97. The van der Waals surface area contributed by atoms with Gasteiger partial charge in [0.25, 0.3) is 0 Å². The Hall–Kier alpha value is -0.520. The minimum atomic E-state index is -1.09. The highest BCUT2D eigenvalue weighted by molar-refractivity contribution is 7.90. The fourth-order valence-electron chi connectivity index (χ4n) is 3.19. The smallest absolute Gasteiger partial charge is 0.136 e. The lowest BCUT2D eigenvalue weighted by Crippen LogP contribution is -2.46. The van der Waals surface area contributed by atoms with Gasteiger partial charge in [0, 0.05) is 24.6 Å². The van der Waals surface area contributed by atoms with E-state index in [1.807, 2.05) is 38.7 Å². The fourth-order valence-corrected chi connectivity index (χ4v) is 4.16. The molecule has 0 bridgehead atoms. The van der Waals surface area contributed by atoms with Crippen LogP contribution in [0, 0.1) is 12.3 Å². The van der Waals surface area contributed by atoms with Crippen LogP contribution < -0.4 is 4.72 Å². The van der Waals surface area contributed by atoms with Crippen LogP contribution in [0.25, 0.3) is 0 Å². The quantitative estimate of drug-likeness (QED) is 0.867. The number of aromatic nitrogens is 2. The van der Waals surface area contributed by atoms with Gasteiger partial charge in [-0.05, 0) is 51.5 Å². The standard InChI is InChI=1S/C16H29N3OS/c1-12-11-19(6)17-13(12)14(16(5)9-7-8-10-16)18-21(20)15(2,3)4/h11,14,18H,7-10H2,1-6H3/t14-,21-/m0/s1. The van der Waals surface area contributed by atoms with Crippen molar-refractivity contribution in [1.82, 2.24) is 14.5 Å². The molecule has 21 heavy (non-hydrogen) atoms. The van der Waals surface area contributed by atoms with E-state index in [1.165, 1.54) is 31.2 Å². The summed E-state index contributed by atoms with van der Waals surface area (Å²) in [5, 5.41) is 4.66. The second-order valence-corrected chi connectivity index (χ2v) is 9.66. The maximum atomic E-state index is 12.6. The molecular formula is C16H29N3OS. The highest BCUT2D eigenvalue weighted by Gasteiger charge is 2.44. The predicted octanol–water partition coefficient (Wildman–Crippen LogP) is 3.40. The van der Waals surface area contributed by atoms with Crippen LogP contribution in [0.4, 0.5) is 0 Å². The average molecular weight is 311 g/mol. The van der Waals surface area contributed by atoms with Crippen LogP contribution in [0.3, 0.4) is 0 Å². The molecule has 0 spiro atoms. The van der Waals surface area contributed by atoms with Crippen LogP contribution in [-0.2, 0) is 18.4 Å². The molecule has 0 aromatic carbocycles. The van der Waals surface area contributed by atoms with Crippen molar-refractivity contribution >= 4 is 11.4 Å².